The summed E-state index contributed by atoms with van der Waals surface area (Å²) in [5.41, 5.74) is -1.52. The minimum Gasteiger partial charge on any atom is -0.479 e. The van der Waals surface area contributed by atoms with E-state index in [1.807, 2.05) is 0 Å². The molecule has 0 aliphatic carbocycles. The van der Waals surface area contributed by atoms with E-state index in [2.05, 4.69) is 0 Å². The molecule has 0 aromatic heterocycles. The van der Waals surface area contributed by atoms with Gasteiger partial charge in [0, 0.05) is 0 Å². The molecule has 0 aliphatic rings. The Balaban J connectivity index is 3.02. The maximum Gasteiger partial charge on any atom is 0.471 e. The van der Waals surface area contributed by atoms with E-state index in [0.717, 1.165) is 0 Å². The van der Waals surface area contributed by atoms with E-state index in [9.17, 15) is 35.9 Å². The molecule has 0 bridgehead atoms. The van der Waals surface area contributed by atoms with Crippen molar-refractivity contribution in [1.82, 2.24) is 5.32 Å². The van der Waals surface area contributed by atoms with Gasteiger partial charge in [-0.25, -0.2) is 4.79 Å². The molecular formula is C11H7F6NO3. The zero-order valence-corrected chi connectivity index (χ0v) is 9.92. The Bertz CT molecular complexity index is 534. The van der Waals surface area contributed by atoms with Crippen LogP contribution in [0.25, 0.3) is 0 Å². The molecule has 0 fully saturated rings. The van der Waals surface area contributed by atoms with Crippen molar-refractivity contribution in [2.24, 2.45) is 0 Å². The average molecular weight is 315 g/mol. The number of hydrogen-bond donors (Lipinski definition) is 2. The number of carboxylic acid groups (broad SMARTS) is 1. The van der Waals surface area contributed by atoms with Gasteiger partial charge in [0.1, 0.15) is 0 Å². The summed E-state index contributed by atoms with van der Waals surface area (Å²) in [6.45, 7) is 0. The van der Waals surface area contributed by atoms with Crippen molar-refractivity contribution in [2.75, 3.05) is 0 Å². The lowest BCUT2D eigenvalue weighted by Crippen LogP contribution is -2.41. The number of alkyl halides is 6. The number of amides is 1. The predicted octanol–water partition coefficient (Wildman–Crippen LogP) is 2.51. The molecule has 0 spiro atoms. The first-order valence-corrected chi connectivity index (χ1v) is 5.20. The Kier molecular flexibility index (Phi) is 4.49. The third-order valence-electron chi connectivity index (χ3n) is 2.35. The lowest BCUT2D eigenvalue weighted by atomic mass is 10.0. The monoisotopic (exact) mass is 315 g/mol. The summed E-state index contributed by atoms with van der Waals surface area (Å²) < 4.78 is 73.1. The Hall–Kier alpha value is -2.26. The SMILES string of the molecule is O=C(O)C(NC(=O)C(F)(F)F)c1ccc(C(F)(F)F)cc1. The highest BCUT2D eigenvalue weighted by atomic mass is 19.4. The lowest BCUT2D eigenvalue weighted by molar-refractivity contribution is -0.175. The van der Waals surface area contributed by atoms with Gasteiger partial charge in [-0.15, -0.1) is 0 Å². The van der Waals surface area contributed by atoms with E-state index in [0.29, 0.717) is 24.3 Å². The molecule has 1 aromatic rings. The van der Waals surface area contributed by atoms with Gasteiger partial charge in [-0.2, -0.15) is 26.3 Å². The van der Waals surface area contributed by atoms with E-state index < -0.39 is 41.4 Å². The number of carbonyl (C=O) groups is 2. The van der Waals surface area contributed by atoms with E-state index in [1.165, 1.54) is 5.32 Å². The zero-order chi connectivity index (χ0) is 16.4. The maximum atomic E-state index is 12.3. The van der Waals surface area contributed by atoms with Crippen LogP contribution in [0.2, 0.25) is 0 Å². The summed E-state index contributed by atoms with van der Waals surface area (Å²) in [6.07, 6.45) is -9.98. The van der Waals surface area contributed by atoms with E-state index in [1.54, 1.807) is 0 Å². The largest absolute Gasteiger partial charge is 0.479 e. The fourth-order valence-electron chi connectivity index (χ4n) is 1.37. The number of carboxylic acids is 1. The van der Waals surface area contributed by atoms with Crippen LogP contribution >= 0.6 is 0 Å². The van der Waals surface area contributed by atoms with Crippen molar-refractivity contribution in [2.45, 2.75) is 18.4 Å². The maximum absolute atomic E-state index is 12.3. The van der Waals surface area contributed by atoms with Crippen LogP contribution in [0.3, 0.4) is 0 Å². The molecule has 1 unspecified atom stereocenters. The normalized spacial score (nSPS) is 13.6. The van der Waals surface area contributed by atoms with Gasteiger partial charge in [0.05, 0.1) is 5.56 Å². The van der Waals surface area contributed by atoms with Crippen molar-refractivity contribution in [3.63, 3.8) is 0 Å². The molecule has 0 saturated heterocycles. The Morgan fingerprint density at radius 1 is 1.00 bits per heavy atom. The van der Waals surface area contributed by atoms with Crippen molar-refractivity contribution >= 4 is 11.9 Å². The predicted molar refractivity (Wildman–Crippen MR) is 56.0 cm³/mol. The smallest absolute Gasteiger partial charge is 0.471 e. The molecule has 1 rings (SSSR count). The highest BCUT2D eigenvalue weighted by Gasteiger charge is 2.41. The molecule has 1 atom stereocenters. The van der Waals surface area contributed by atoms with Crippen molar-refractivity contribution in [3.05, 3.63) is 35.4 Å². The summed E-state index contributed by atoms with van der Waals surface area (Å²) in [5, 5.41) is 9.95. The fourth-order valence-corrected chi connectivity index (χ4v) is 1.37. The van der Waals surface area contributed by atoms with E-state index in [-0.39, 0.29) is 0 Å². The summed E-state index contributed by atoms with van der Waals surface area (Å²) in [4.78, 5) is 21.5. The summed E-state index contributed by atoms with van der Waals surface area (Å²) in [7, 11) is 0. The second-order valence-corrected chi connectivity index (χ2v) is 3.86. The molecular weight excluding hydrogens is 308 g/mol. The molecule has 0 aliphatic heterocycles. The molecule has 0 heterocycles. The molecule has 1 aromatic carbocycles. The highest BCUT2D eigenvalue weighted by Crippen LogP contribution is 2.30. The van der Waals surface area contributed by atoms with Crippen LogP contribution in [-0.2, 0) is 15.8 Å². The van der Waals surface area contributed by atoms with E-state index in [4.69, 9.17) is 5.11 Å². The molecule has 2 N–H and O–H groups in total. The Labute approximate surface area is 113 Å². The van der Waals surface area contributed by atoms with Crippen LogP contribution in [0.15, 0.2) is 24.3 Å². The first-order valence-electron chi connectivity index (χ1n) is 5.20. The van der Waals surface area contributed by atoms with Gasteiger partial charge in [0.25, 0.3) is 0 Å². The number of aliphatic carboxylic acids is 1. The van der Waals surface area contributed by atoms with Gasteiger partial charge in [0.2, 0.25) is 0 Å². The molecule has 10 heteroatoms. The number of halogens is 6. The van der Waals surface area contributed by atoms with Crippen LogP contribution in [-0.4, -0.2) is 23.2 Å². The molecule has 21 heavy (non-hydrogen) atoms. The van der Waals surface area contributed by atoms with Gasteiger partial charge in [-0.3, -0.25) is 4.79 Å². The molecule has 0 radical (unpaired) electrons. The minimum absolute atomic E-state index is 0.423. The second-order valence-electron chi connectivity index (χ2n) is 3.86. The molecule has 4 nitrogen and oxygen atoms in total. The van der Waals surface area contributed by atoms with Gasteiger partial charge in [0.15, 0.2) is 6.04 Å². The molecule has 1 amide bonds. The molecule has 0 saturated carbocycles. The summed E-state index contributed by atoms with van der Waals surface area (Å²) in [5.74, 6) is -4.35. The number of rotatable bonds is 3. The standard InChI is InChI=1S/C11H7F6NO3/c12-10(13,14)6-3-1-5(2-4-6)7(8(19)20)18-9(21)11(15,16)17/h1-4,7H,(H,18,21)(H,19,20). The van der Waals surface area contributed by atoms with Crippen LogP contribution in [0, 0.1) is 0 Å². The average Bonchev–Trinajstić information content (AvgIpc) is 2.33. The lowest BCUT2D eigenvalue weighted by Gasteiger charge is -2.16. The van der Waals surface area contributed by atoms with Crippen LogP contribution < -0.4 is 5.32 Å². The number of carbonyl (C=O) groups excluding carboxylic acids is 1. The van der Waals surface area contributed by atoms with Gasteiger partial charge in [-0.05, 0) is 17.7 Å². The summed E-state index contributed by atoms with van der Waals surface area (Å²) in [6, 6.07) is 0.258. The van der Waals surface area contributed by atoms with Crippen molar-refractivity contribution in [3.8, 4) is 0 Å². The third-order valence-corrected chi connectivity index (χ3v) is 2.35. The summed E-state index contributed by atoms with van der Waals surface area (Å²) >= 11 is 0. The fraction of sp³-hybridized carbons (Fsp3) is 0.273. The van der Waals surface area contributed by atoms with Crippen LogP contribution in [0.4, 0.5) is 26.3 Å². The second kappa shape index (κ2) is 5.62. The molecule has 116 valence electrons. The van der Waals surface area contributed by atoms with Gasteiger partial charge < -0.3 is 10.4 Å². The first-order chi connectivity index (χ1) is 9.43. The van der Waals surface area contributed by atoms with Crippen molar-refractivity contribution < 1.29 is 41.0 Å². The van der Waals surface area contributed by atoms with Crippen LogP contribution in [0.5, 0.6) is 0 Å². The third kappa shape index (κ3) is 4.36. The zero-order valence-electron chi connectivity index (χ0n) is 9.92. The Morgan fingerprint density at radius 2 is 1.48 bits per heavy atom. The van der Waals surface area contributed by atoms with Crippen LogP contribution in [0.1, 0.15) is 17.2 Å². The number of hydrogen-bond acceptors (Lipinski definition) is 2. The number of benzene rings is 1. The minimum atomic E-state index is -5.31. The Morgan fingerprint density at radius 3 is 1.81 bits per heavy atom. The van der Waals surface area contributed by atoms with Gasteiger partial charge in [-0.1, -0.05) is 12.1 Å². The van der Waals surface area contributed by atoms with Gasteiger partial charge >= 0.3 is 24.2 Å². The first kappa shape index (κ1) is 16.8. The quantitative estimate of drug-likeness (QED) is 0.842. The highest BCUT2D eigenvalue weighted by molar-refractivity contribution is 5.87. The number of nitrogens with one attached hydrogen (secondary N) is 1. The van der Waals surface area contributed by atoms with Crippen molar-refractivity contribution in [1.29, 1.82) is 0 Å². The van der Waals surface area contributed by atoms with E-state index >= 15 is 0 Å². The topological polar surface area (TPSA) is 66.4 Å².